The van der Waals surface area contributed by atoms with Crippen molar-refractivity contribution in [1.82, 2.24) is 9.97 Å². The SMILES string of the molecule is CN(Cc1ccncc1)c1ncccc1N. The van der Waals surface area contributed by atoms with Gasteiger partial charge in [-0.3, -0.25) is 4.98 Å². The summed E-state index contributed by atoms with van der Waals surface area (Å²) < 4.78 is 0. The zero-order valence-electron chi connectivity index (χ0n) is 9.17. The fourth-order valence-electron chi connectivity index (χ4n) is 1.57. The molecule has 82 valence electrons. The number of anilines is 2. The van der Waals surface area contributed by atoms with Crippen LogP contribution in [0.15, 0.2) is 42.9 Å². The lowest BCUT2D eigenvalue weighted by Crippen LogP contribution is -2.18. The lowest BCUT2D eigenvalue weighted by atomic mass is 10.2. The molecule has 2 rings (SSSR count). The van der Waals surface area contributed by atoms with E-state index >= 15 is 0 Å². The molecule has 0 aliphatic carbocycles. The third-order valence-corrected chi connectivity index (χ3v) is 2.35. The lowest BCUT2D eigenvalue weighted by molar-refractivity contribution is 0.897. The predicted octanol–water partition coefficient (Wildman–Crippen LogP) is 1.70. The second-order valence-corrected chi connectivity index (χ2v) is 3.63. The topological polar surface area (TPSA) is 55.0 Å². The maximum absolute atomic E-state index is 5.86. The normalized spacial score (nSPS) is 10.1. The molecular formula is C12H14N4. The monoisotopic (exact) mass is 214 g/mol. The van der Waals surface area contributed by atoms with Crippen LogP contribution in [0.2, 0.25) is 0 Å². The highest BCUT2D eigenvalue weighted by Gasteiger charge is 2.06. The minimum atomic E-state index is 0.694. The molecule has 2 aromatic rings. The van der Waals surface area contributed by atoms with Crippen LogP contribution in [0.4, 0.5) is 11.5 Å². The second-order valence-electron chi connectivity index (χ2n) is 3.63. The third-order valence-electron chi connectivity index (χ3n) is 2.35. The van der Waals surface area contributed by atoms with Crippen LogP contribution in [0.5, 0.6) is 0 Å². The van der Waals surface area contributed by atoms with Crippen molar-refractivity contribution in [3.05, 3.63) is 48.4 Å². The van der Waals surface area contributed by atoms with Crippen LogP contribution in [-0.2, 0) is 6.54 Å². The van der Waals surface area contributed by atoms with Gasteiger partial charge in [-0.25, -0.2) is 4.98 Å². The van der Waals surface area contributed by atoms with Crippen LogP contribution in [0, 0.1) is 0 Å². The fourth-order valence-corrected chi connectivity index (χ4v) is 1.57. The van der Waals surface area contributed by atoms with Crippen LogP contribution in [-0.4, -0.2) is 17.0 Å². The molecule has 2 heterocycles. The molecule has 0 spiro atoms. The molecule has 0 radical (unpaired) electrons. The van der Waals surface area contributed by atoms with E-state index in [-0.39, 0.29) is 0 Å². The molecular weight excluding hydrogens is 200 g/mol. The number of nitrogens with zero attached hydrogens (tertiary/aromatic N) is 3. The van der Waals surface area contributed by atoms with Gasteiger partial charge in [-0.2, -0.15) is 0 Å². The van der Waals surface area contributed by atoms with Crippen LogP contribution in [0.3, 0.4) is 0 Å². The molecule has 0 aliphatic rings. The number of pyridine rings is 2. The summed E-state index contributed by atoms with van der Waals surface area (Å²) >= 11 is 0. The number of hydrogen-bond donors (Lipinski definition) is 1. The molecule has 0 aliphatic heterocycles. The quantitative estimate of drug-likeness (QED) is 0.844. The highest BCUT2D eigenvalue weighted by Crippen LogP contribution is 2.19. The maximum Gasteiger partial charge on any atom is 0.151 e. The minimum Gasteiger partial charge on any atom is -0.396 e. The molecule has 0 fully saturated rings. The van der Waals surface area contributed by atoms with E-state index in [1.165, 1.54) is 5.56 Å². The van der Waals surface area contributed by atoms with E-state index in [0.29, 0.717) is 5.69 Å². The summed E-state index contributed by atoms with van der Waals surface area (Å²) in [7, 11) is 1.97. The molecule has 0 aromatic carbocycles. The highest BCUT2D eigenvalue weighted by molar-refractivity contribution is 5.61. The summed E-state index contributed by atoms with van der Waals surface area (Å²) in [5.74, 6) is 0.805. The Balaban J connectivity index is 2.15. The average molecular weight is 214 g/mol. The van der Waals surface area contributed by atoms with Crippen LogP contribution in [0.1, 0.15) is 5.56 Å². The Morgan fingerprint density at radius 3 is 2.62 bits per heavy atom. The largest absolute Gasteiger partial charge is 0.396 e. The molecule has 16 heavy (non-hydrogen) atoms. The van der Waals surface area contributed by atoms with Gasteiger partial charge in [-0.1, -0.05) is 0 Å². The van der Waals surface area contributed by atoms with Gasteiger partial charge in [-0.15, -0.1) is 0 Å². The van der Waals surface area contributed by atoms with E-state index in [1.807, 2.05) is 36.2 Å². The van der Waals surface area contributed by atoms with E-state index < -0.39 is 0 Å². The number of nitrogen functional groups attached to an aromatic ring is 1. The summed E-state index contributed by atoms with van der Waals surface area (Å²) in [5, 5.41) is 0. The molecule has 0 amide bonds. The van der Waals surface area contributed by atoms with Gasteiger partial charge in [0, 0.05) is 32.2 Å². The molecule has 0 atom stereocenters. The Hall–Kier alpha value is -2.10. The molecule has 4 heteroatoms. The maximum atomic E-state index is 5.86. The molecule has 0 unspecified atom stereocenters. The summed E-state index contributed by atoms with van der Waals surface area (Å²) in [6, 6.07) is 7.65. The van der Waals surface area contributed by atoms with Crippen molar-refractivity contribution in [1.29, 1.82) is 0 Å². The first-order valence-corrected chi connectivity index (χ1v) is 5.08. The van der Waals surface area contributed by atoms with Crippen LogP contribution < -0.4 is 10.6 Å². The Bertz CT molecular complexity index is 456. The van der Waals surface area contributed by atoms with E-state index in [9.17, 15) is 0 Å². The van der Waals surface area contributed by atoms with Gasteiger partial charge in [0.05, 0.1) is 5.69 Å². The average Bonchev–Trinajstić information content (AvgIpc) is 2.31. The highest BCUT2D eigenvalue weighted by atomic mass is 15.2. The van der Waals surface area contributed by atoms with Gasteiger partial charge in [0.1, 0.15) is 0 Å². The summed E-state index contributed by atoms with van der Waals surface area (Å²) in [4.78, 5) is 10.3. The first kappa shape index (κ1) is 10.4. The molecule has 4 nitrogen and oxygen atoms in total. The number of rotatable bonds is 3. The van der Waals surface area contributed by atoms with Crippen molar-refractivity contribution in [2.24, 2.45) is 0 Å². The van der Waals surface area contributed by atoms with Crippen molar-refractivity contribution in [2.75, 3.05) is 17.7 Å². The molecule has 2 aromatic heterocycles. The Morgan fingerprint density at radius 1 is 1.19 bits per heavy atom. The minimum absolute atomic E-state index is 0.694. The van der Waals surface area contributed by atoms with E-state index in [1.54, 1.807) is 18.6 Å². The standard InChI is InChI=1S/C12H14N4/c1-16(9-10-4-7-14-8-5-10)12-11(13)3-2-6-15-12/h2-8H,9,13H2,1H3. The van der Waals surface area contributed by atoms with Crippen molar-refractivity contribution < 1.29 is 0 Å². The van der Waals surface area contributed by atoms with Gasteiger partial charge >= 0.3 is 0 Å². The lowest BCUT2D eigenvalue weighted by Gasteiger charge is -2.19. The molecule has 0 bridgehead atoms. The Kier molecular flexibility index (Phi) is 3.00. The Labute approximate surface area is 94.8 Å². The van der Waals surface area contributed by atoms with E-state index in [4.69, 9.17) is 5.73 Å². The van der Waals surface area contributed by atoms with Crippen molar-refractivity contribution in [3.8, 4) is 0 Å². The second kappa shape index (κ2) is 4.61. The van der Waals surface area contributed by atoms with E-state index in [0.717, 1.165) is 12.4 Å². The first-order chi connectivity index (χ1) is 7.77. The van der Waals surface area contributed by atoms with Crippen molar-refractivity contribution >= 4 is 11.5 Å². The fraction of sp³-hybridized carbons (Fsp3) is 0.167. The first-order valence-electron chi connectivity index (χ1n) is 5.08. The predicted molar refractivity (Wildman–Crippen MR) is 65.0 cm³/mol. The third kappa shape index (κ3) is 2.28. The summed E-state index contributed by atoms with van der Waals surface area (Å²) in [6.45, 7) is 0.768. The molecule has 2 N–H and O–H groups in total. The summed E-state index contributed by atoms with van der Waals surface area (Å²) in [5.41, 5.74) is 7.74. The van der Waals surface area contributed by atoms with Gasteiger partial charge in [0.15, 0.2) is 5.82 Å². The van der Waals surface area contributed by atoms with Crippen LogP contribution in [0.25, 0.3) is 0 Å². The van der Waals surface area contributed by atoms with Gasteiger partial charge < -0.3 is 10.6 Å². The number of aromatic nitrogens is 2. The van der Waals surface area contributed by atoms with Crippen molar-refractivity contribution in [3.63, 3.8) is 0 Å². The Morgan fingerprint density at radius 2 is 1.94 bits per heavy atom. The van der Waals surface area contributed by atoms with Gasteiger partial charge in [0.2, 0.25) is 0 Å². The molecule has 0 saturated carbocycles. The zero-order valence-corrected chi connectivity index (χ0v) is 9.17. The van der Waals surface area contributed by atoms with Crippen LogP contribution >= 0.6 is 0 Å². The summed E-state index contributed by atoms with van der Waals surface area (Å²) in [6.07, 6.45) is 5.31. The number of hydrogen-bond acceptors (Lipinski definition) is 4. The van der Waals surface area contributed by atoms with Crippen molar-refractivity contribution in [2.45, 2.75) is 6.54 Å². The zero-order chi connectivity index (χ0) is 11.4. The van der Waals surface area contributed by atoms with E-state index in [2.05, 4.69) is 9.97 Å². The molecule has 0 saturated heterocycles. The van der Waals surface area contributed by atoms with Gasteiger partial charge in [0.25, 0.3) is 0 Å². The smallest absolute Gasteiger partial charge is 0.151 e. The van der Waals surface area contributed by atoms with Gasteiger partial charge in [-0.05, 0) is 29.8 Å². The number of nitrogens with two attached hydrogens (primary N) is 1.